The average Bonchev–Trinajstić information content (AvgIpc) is 4.14. The Hall–Kier alpha value is -4.85. The first-order valence-corrected chi connectivity index (χ1v) is 22.6. The maximum atomic E-state index is 12.2. The van der Waals surface area contributed by atoms with Crippen molar-refractivity contribution in [1.82, 2.24) is 35.5 Å². The maximum Gasteiger partial charge on any atom is 0.407 e. The summed E-state index contributed by atoms with van der Waals surface area (Å²) in [4.78, 5) is 53.0. The molecular weight excluding hydrogens is 783 g/mol. The number of imidazole rings is 2. The second-order valence-electron chi connectivity index (χ2n) is 17.7. The van der Waals surface area contributed by atoms with E-state index in [1.54, 1.807) is 21.1 Å². The Kier molecular flexibility index (Phi) is 16.5. The number of aromatic nitrogens is 4. The zero-order chi connectivity index (χ0) is 44.3. The summed E-state index contributed by atoms with van der Waals surface area (Å²) in [5, 5.41) is 5.62. The number of likely N-dealkylation sites (tertiary alicyclic amines) is 1. The molecule has 4 aromatic rings. The number of rotatable bonds is 13. The van der Waals surface area contributed by atoms with Crippen LogP contribution in [0.2, 0.25) is 0 Å². The lowest BCUT2D eigenvalue weighted by molar-refractivity contribution is -0.122. The van der Waals surface area contributed by atoms with Gasteiger partial charge in [-0.15, -0.1) is 0 Å². The van der Waals surface area contributed by atoms with E-state index in [0.29, 0.717) is 36.6 Å². The van der Waals surface area contributed by atoms with Crippen LogP contribution in [0.3, 0.4) is 0 Å². The maximum absolute atomic E-state index is 12.2. The summed E-state index contributed by atoms with van der Waals surface area (Å²) >= 11 is 0. The molecule has 1 aliphatic heterocycles. The van der Waals surface area contributed by atoms with E-state index < -0.39 is 12.1 Å². The van der Waals surface area contributed by atoms with Gasteiger partial charge >= 0.3 is 6.09 Å². The molecule has 2 amide bonds. The first-order chi connectivity index (χ1) is 30.0. The molecule has 13 nitrogen and oxygen atoms in total. The number of carbonyl (C=O) groups excluding carboxylic acids is 3. The summed E-state index contributed by atoms with van der Waals surface area (Å²) < 4.78 is 13.4. The molecule has 13 heteroatoms. The van der Waals surface area contributed by atoms with Crippen LogP contribution in [-0.4, -0.2) is 103 Å². The van der Waals surface area contributed by atoms with Gasteiger partial charge in [0.05, 0.1) is 43.0 Å². The summed E-state index contributed by atoms with van der Waals surface area (Å²) in [5.74, 6) is 4.05. The van der Waals surface area contributed by atoms with Crippen LogP contribution in [0.5, 0.6) is 0 Å². The fraction of sp³-hybridized carbons (Fsp3) is 0.571. The first-order valence-electron chi connectivity index (χ1n) is 22.6. The van der Waals surface area contributed by atoms with Crippen molar-refractivity contribution in [2.45, 2.75) is 134 Å². The molecule has 62 heavy (non-hydrogen) atoms. The van der Waals surface area contributed by atoms with Crippen LogP contribution >= 0.6 is 0 Å². The van der Waals surface area contributed by atoms with E-state index in [2.05, 4.69) is 92.3 Å². The van der Waals surface area contributed by atoms with Crippen molar-refractivity contribution in [3.05, 3.63) is 71.6 Å². The molecule has 8 atom stereocenters. The molecule has 0 bridgehead atoms. The lowest BCUT2D eigenvalue weighted by Crippen LogP contribution is -2.43. The number of fused-ring (bicyclic) bond motifs is 4. The summed E-state index contributed by atoms with van der Waals surface area (Å²) in [6, 6.07) is 14.6. The minimum atomic E-state index is -0.664. The van der Waals surface area contributed by atoms with Gasteiger partial charge in [-0.1, -0.05) is 51.0 Å². The van der Waals surface area contributed by atoms with Crippen LogP contribution in [0.4, 0.5) is 4.79 Å². The molecule has 8 rings (SSSR count). The highest BCUT2D eigenvalue weighted by molar-refractivity contribution is 5.79. The number of alkyl carbamates (subject to hydrolysis) is 1. The van der Waals surface area contributed by atoms with Gasteiger partial charge in [-0.2, -0.15) is 0 Å². The van der Waals surface area contributed by atoms with Crippen LogP contribution in [0, 0.1) is 11.8 Å². The van der Waals surface area contributed by atoms with Crippen LogP contribution in [0.25, 0.3) is 33.6 Å². The Morgan fingerprint density at radius 2 is 1.55 bits per heavy atom. The molecule has 0 spiro atoms. The molecule has 3 aliphatic carbocycles. The zero-order valence-corrected chi connectivity index (χ0v) is 38.1. The molecule has 3 fully saturated rings. The van der Waals surface area contributed by atoms with Crippen LogP contribution in [0.15, 0.2) is 48.8 Å². The highest BCUT2D eigenvalue weighted by atomic mass is 16.5. The average molecular weight is 852 g/mol. The summed E-state index contributed by atoms with van der Waals surface area (Å²) in [6.07, 6.45) is 17.1. The predicted octanol–water partition coefficient (Wildman–Crippen LogP) is 8.56. The van der Waals surface area contributed by atoms with Crippen LogP contribution in [-0.2, 0) is 36.6 Å². The van der Waals surface area contributed by atoms with Gasteiger partial charge in [-0.05, 0) is 129 Å². The van der Waals surface area contributed by atoms with E-state index in [1.807, 2.05) is 12.4 Å². The Labute approximate surface area is 367 Å². The molecule has 4 aliphatic rings. The largest absolute Gasteiger partial charge is 0.453 e. The topological polar surface area (TPSA) is 164 Å². The minimum absolute atomic E-state index is 0.202. The highest BCUT2D eigenvalue weighted by Crippen LogP contribution is 2.46. The zero-order valence-electron chi connectivity index (χ0n) is 38.1. The number of aldehydes is 1. The van der Waals surface area contributed by atoms with Gasteiger partial charge < -0.3 is 39.6 Å². The Morgan fingerprint density at radius 1 is 0.903 bits per heavy atom. The van der Waals surface area contributed by atoms with Gasteiger partial charge in [-0.25, -0.2) is 14.8 Å². The molecule has 336 valence electrons. The number of hydrogen-bond acceptors (Lipinski definition) is 9. The van der Waals surface area contributed by atoms with Crippen molar-refractivity contribution in [1.29, 1.82) is 0 Å². The van der Waals surface area contributed by atoms with E-state index in [0.717, 1.165) is 67.1 Å². The molecule has 4 N–H and O–H groups in total. The second kappa shape index (κ2) is 22.0. The Morgan fingerprint density at radius 3 is 2.16 bits per heavy atom. The number of hydrogen-bond donors (Lipinski definition) is 4. The van der Waals surface area contributed by atoms with Gasteiger partial charge in [0.1, 0.15) is 24.0 Å². The van der Waals surface area contributed by atoms with E-state index >= 15 is 0 Å². The molecule has 7 unspecified atom stereocenters. The highest BCUT2D eigenvalue weighted by Gasteiger charge is 2.43. The Balaban J connectivity index is 0.000000369. The summed E-state index contributed by atoms with van der Waals surface area (Å²) in [6.45, 7) is 6.01. The number of nitrogens with zero attached hydrogens (tertiary/aromatic N) is 3. The molecule has 2 saturated carbocycles. The molecular formula is C49H69N7O6. The lowest BCUT2D eigenvalue weighted by Gasteiger charge is -2.23. The summed E-state index contributed by atoms with van der Waals surface area (Å²) in [5.41, 5.74) is 10.2. The number of benzene rings is 2. The molecule has 0 radical (unpaired) electrons. The van der Waals surface area contributed by atoms with Crippen molar-refractivity contribution >= 4 is 18.3 Å². The van der Waals surface area contributed by atoms with E-state index in [9.17, 15) is 14.4 Å². The Bertz CT molecular complexity index is 2100. The van der Waals surface area contributed by atoms with Crippen molar-refractivity contribution in [3.8, 4) is 33.6 Å². The first kappa shape index (κ1) is 46.6. The van der Waals surface area contributed by atoms with Crippen molar-refractivity contribution in [3.63, 3.8) is 0 Å². The third-order valence-electron chi connectivity index (χ3n) is 13.6. The number of H-pyrrole nitrogens is 2. The standard InChI is InChI=1S/C40H50N6O.C7H13NO4.C2H6O/c1-4-7-38(47)43-33-10-5-8-27(33)18-24(2)39-41-22-34(44-39)28-14-16-31-25(19-28)12-13-26-20-29(15-17-32(26)31)35-23-42-40(45-35)37-21-30-9-6-11-36(30)46(37)3;1-5(11-2)6(4-9)8-7(10)12-3;1-3-2/h14-17,19-20,22-24,27,30,33,36-37H,4-13,18,21H2,1-3H3,(H,41,44)(H,42,45)(H,43,47);4-6H,1-3H3,(H,8,10);1-2H3/t24?,27?,30?,33?,36?,37-;;/m0../s1. The number of methoxy groups -OCH3 is 3. The number of carbonyl (C=O) groups is 3. The minimum Gasteiger partial charge on any atom is -0.453 e. The van der Waals surface area contributed by atoms with Gasteiger partial charge in [0, 0.05) is 45.8 Å². The van der Waals surface area contributed by atoms with Gasteiger partial charge in [0.15, 0.2) is 0 Å². The third kappa shape index (κ3) is 11.0. The summed E-state index contributed by atoms with van der Waals surface area (Å²) in [7, 11) is 8.23. The van der Waals surface area contributed by atoms with Crippen molar-refractivity contribution in [2.24, 2.45) is 11.8 Å². The van der Waals surface area contributed by atoms with Gasteiger partial charge in [0.25, 0.3) is 0 Å². The number of amides is 2. The van der Waals surface area contributed by atoms with E-state index in [4.69, 9.17) is 14.7 Å². The number of nitrogens with one attached hydrogen (secondary N) is 4. The third-order valence-corrected chi connectivity index (χ3v) is 13.6. The van der Waals surface area contributed by atoms with Crippen molar-refractivity contribution in [2.75, 3.05) is 35.5 Å². The molecule has 1 saturated heterocycles. The lowest BCUT2D eigenvalue weighted by atomic mass is 9.83. The molecule has 2 aromatic heterocycles. The van der Waals surface area contributed by atoms with Crippen LogP contribution in [0.1, 0.15) is 120 Å². The quantitative estimate of drug-likeness (QED) is 0.0966. The monoisotopic (exact) mass is 852 g/mol. The number of aromatic amines is 2. The fourth-order valence-electron chi connectivity index (χ4n) is 10.1. The smallest absolute Gasteiger partial charge is 0.407 e. The van der Waals surface area contributed by atoms with E-state index in [-0.39, 0.29) is 12.0 Å². The molecule has 2 aromatic carbocycles. The van der Waals surface area contributed by atoms with Crippen LogP contribution < -0.4 is 10.6 Å². The second-order valence-corrected chi connectivity index (χ2v) is 17.7. The molecule has 3 heterocycles. The van der Waals surface area contributed by atoms with Crippen molar-refractivity contribution < 1.29 is 28.6 Å². The van der Waals surface area contributed by atoms with Gasteiger partial charge in [-0.3, -0.25) is 9.69 Å². The number of aryl methyl sites for hydroxylation is 2. The van der Waals surface area contributed by atoms with E-state index in [1.165, 1.54) is 86.1 Å². The fourth-order valence-corrected chi connectivity index (χ4v) is 10.1. The SMILES string of the molecule is CCCC(=O)NC1CCCC1CC(C)c1ncc(-c2ccc3c(c2)CCc2cc(-c4cnc([C@@H]5CC6CCCC6N5C)[nH]4)ccc2-3)[nH]1.COC.COC(=O)NC(C=O)C(C)OC. The predicted molar refractivity (Wildman–Crippen MR) is 243 cm³/mol. The normalized spacial score (nSPS) is 22.7. The number of ether oxygens (including phenoxy) is 3. The van der Waals surface area contributed by atoms with Gasteiger partial charge in [0.2, 0.25) is 5.91 Å².